The molecule has 0 saturated carbocycles. The Labute approximate surface area is 156 Å². The molecule has 26 heavy (non-hydrogen) atoms. The summed E-state index contributed by atoms with van der Waals surface area (Å²) in [5.41, 5.74) is 3.22. The van der Waals surface area contributed by atoms with Gasteiger partial charge in [-0.05, 0) is 44.5 Å². The summed E-state index contributed by atoms with van der Waals surface area (Å²) < 4.78 is 1.50. The van der Waals surface area contributed by atoms with E-state index in [9.17, 15) is 9.59 Å². The molecule has 5 nitrogen and oxygen atoms in total. The molecule has 1 amide bonds. The van der Waals surface area contributed by atoms with Gasteiger partial charge in [0, 0.05) is 17.4 Å². The number of carbonyl (C=O) groups excluding carboxylic acids is 1. The van der Waals surface area contributed by atoms with Crippen molar-refractivity contribution in [3.63, 3.8) is 0 Å². The highest BCUT2D eigenvalue weighted by Gasteiger charge is 2.17. The summed E-state index contributed by atoms with van der Waals surface area (Å²) in [7, 11) is 0. The molecule has 0 fully saturated rings. The monoisotopic (exact) mass is 367 g/mol. The smallest absolute Gasteiger partial charge is 0.280 e. The number of benzene rings is 2. The predicted molar refractivity (Wildman–Crippen MR) is 103 cm³/mol. The van der Waals surface area contributed by atoms with Crippen LogP contribution in [0.5, 0.6) is 0 Å². The Morgan fingerprint density at radius 1 is 1.08 bits per heavy atom. The predicted octanol–water partition coefficient (Wildman–Crippen LogP) is 4.06. The van der Waals surface area contributed by atoms with Crippen LogP contribution in [-0.4, -0.2) is 15.7 Å². The Bertz CT molecular complexity index is 1060. The van der Waals surface area contributed by atoms with Crippen LogP contribution in [0.4, 0.5) is 5.69 Å². The summed E-state index contributed by atoms with van der Waals surface area (Å²) in [4.78, 5) is 24.9. The number of carbonyl (C=O) groups is 1. The van der Waals surface area contributed by atoms with Gasteiger partial charge in [-0.25, -0.2) is 4.68 Å². The van der Waals surface area contributed by atoms with Crippen LogP contribution in [0.3, 0.4) is 0 Å². The lowest BCUT2D eigenvalue weighted by Gasteiger charge is -2.13. The number of nitrogens with zero attached hydrogens (tertiary/aromatic N) is 2. The number of aromatic nitrogens is 2. The van der Waals surface area contributed by atoms with E-state index >= 15 is 0 Å². The number of nitrogens with one attached hydrogen (secondary N) is 1. The van der Waals surface area contributed by atoms with E-state index in [2.05, 4.69) is 10.4 Å². The Hall–Kier alpha value is -2.92. The molecule has 1 aromatic heterocycles. The van der Waals surface area contributed by atoms with Crippen molar-refractivity contribution in [1.82, 2.24) is 9.78 Å². The van der Waals surface area contributed by atoms with Gasteiger partial charge in [-0.1, -0.05) is 41.4 Å². The number of hydrogen-bond acceptors (Lipinski definition) is 3. The number of hydrogen-bond donors (Lipinski definition) is 1. The van der Waals surface area contributed by atoms with Gasteiger partial charge in [0.15, 0.2) is 5.69 Å². The van der Waals surface area contributed by atoms with Crippen molar-refractivity contribution < 1.29 is 4.79 Å². The van der Waals surface area contributed by atoms with Crippen molar-refractivity contribution in [3.8, 4) is 5.69 Å². The summed E-state index contributed by atoms with van der Waals surface area (Å²) in [5, 5.41) is 7.49. The van der Waals surface area contributed by atoms with Crippen LogP contribution in [-0.2, 0) is 0 Å². The molecule has 0 radical (unpaired) electrons. The molecule has 2 aromatic carbocycles. The minimum Gasteiger partial charge on any atom is -0.320 e. The second-order valence-corrected chi connectivity index (χ2v) is 6.54. The van der Waals surface area contributed by atoms with Gasteiger partial charge in [0.2, 0.25) is 5.43 Å². The molecule has 3 rings (SSSR count). The first-order chi connectivity index (χ1) is 12.4. The SMILES string of the molecule is Cc1ccc(NC(=O)c2nn(-c3ccccc3Cl)c(C)cc2=O)c(C)c1. The molecule has 1 N–H and O–H groups in total. The van der Waals surface area contributed by atoms with Gasteiger partial charge in [0.05, 0.1) is 10.7 Å². The summed E-state index contributed by atoms with van der Waals surface area (Å²) in [6, 6.07) is 14.2. The van der Waals surface area contributed by atoms with Crippen molar-refractivity contribution in [2.75, 3.05) is 5.32 Å². The van der Waals surface area contributed by atoms with Gasteiger partial charge in [-0.2, -0.15) is 5.10 Å². The maximum Gasteiger partial charge on any atom is 0.280 e. The molecule has 0 spiro atoms. The minimum atomic E-state index is -0.553. The lowest BCUT2D eigenvalue weighted by molar-refractivity contribution is 0.101. The van der Waals surface area contributed by atoms with Gasteiger partial charge < -0.3 is 5.32 Å². The quantitative estimate of drug-likeness (QED) is 0.759. The normalized spacial score (nSPS) is 10.6. The van der Waals surface area contributed by atoms with Crippen LogP contribution < -0.4 is 10.7 Å². The fraction of sp³-hybridized carbons (Fsp3) is 0.150. The van der Waals surface area contributed by atoms with Gasteiger partial charge in [-0.3, -0.25) is 9.59 Å². The fourth-order valence-corrected chi connectivity index (χ4v) is 2.92. The number of aryl methyl sites for hydroxylation is 3. The fourth-order valence-electron chi connectivity index (χ4n) is 2.71. The van der Waals surface area contributed by atoms with Gasteiger partial charge >= 0.3 is 0 Å². The molecular formula is C20H18ClN3O2. The Morgan fingerprint density at radius 2 is 1.81 bits per heavy atom. The zero-order valence-corrected chi connectivity index (χ0v) is 15.5. The lowest BCUT2D eigenvalue weighted by Crippen LogP contribution is -2.27. The molecule has 6 heteroatoms. The third kappa shape index (κ3) is 3.53. The van der Waals surface area contributed by atoms with Crippen LogP contribution >= 0.6 is 11.6 Å². The highest BCUT2D eigenvalue weighted by atomic mass is 35.5. The molecule has 1 heterocycles. The largest absolute Gasteiger partial charge is 0.320 e. The summed E-state index contributed by atoms with van der Waals surface area (Å²) >= 11 is 6.23. The van der Waals surface area contributed by atoms with Crippen molar-refractivity contribution >= 4 is 23.2 Å². The summed E-state index contributed by atoms with van der Waals surface area (Å²) in [5.74, 6) is -0.553. The Kier molecular flexibility index (Phi) is 4.91. The van der Waals surface area contributed by atoms with Gasteiger partial charge in [0.25, 0.3) is 5.91 Å². The lowest BCUT2D eigenvalue weighted by atomic mass is 10.1. The highest BCUT2D eigenvalue weighted by Crippen LogP contribution is 2.20. The van der Waals surface area contributed by atoms with E-state index in [0.717, 1.165) is 11.1 Å². The maximum absolute atomic E-state index is 12.6. The van der Waals surface area contributed by atoms with Crippen molar-refractivity contribution in [2.24, 2.45) is 0 Å². The van der Waals surface area contributed by atoms with Crippen molar-refractivity contribution in [3.05, 3.63) is 86.3 Å². The average molecular weight is 368 g/mol. The number of para-hydroxylation sites is 1. The van der Waals surface area contributed by atoms with E-state index in [0.29, 0.717) is 22.1 Å². The molecule has 0 aliphatic heterocycles. The van der Waals surface area contributed by atoms with Gasteiger partial charge in [0.1, 0.15) is 0 Å². The van der Waals surface area contributed by atoms with E-state index in [1.807, 2.05) is 38.1 Å². The Balaban J connectivity index is 2.02. The van der Waals surface area contributed by atoms with E-state index < -0.39 is 11.3 Å². The summed E-state index contributed by atoms with van der Waals surface area (Å²) in [6.07, 6.45) is 0. The first-order valence-corrected chi connectivity index (χ1v) is 8.49. The van der Waals surface area contributed by atoms with E-state index in [-0.39, 0.29) is 5.69 Å². The molecule has 0 bridgehead atoms. The zero-order valence-electron chi connectivity index (χ0n) is 14.7. The van der Waals surface area contributed by atoms with Crippen LogP contribution in [0.1, 0.15) is 27.3 Å². The second kappa shape index (κ2) is 7.14. The average Bonchev–Trinajstić information content (AvgIpc) is 2.58. The number of halogens is 1. The van der Waals surface area contributed by atoms with E-state index in [4.69, 9.17) is 11.6 Å². The maximum atomic E-state index is 12.6. The first kappa shape index (κ1) is 17.9. The third-order valence-electron chi connectivity index (χ3n) is 4.03. The third-order valence-corrected chi connectivity index (χ3v) is 4.35. The van der Waals surface area contributed by atoms with E-state index in [1.165, 1.54) is 10.7 Å². The molecule has 0 unspecified atom stereocenters. The van der Waals surface area contributed by atoms with Crippen molar-refractivity contribution in [2.45, 2.75) is 20.8 Å². The molecule has 0 atom stereocenters. The Morgan fingerprint density at radius 3 is 2.50 bits per heavy atom. The van der Waals surface area contributed by atoms with Crippen molar-refractivity contribution in [1.29, 1.82) is 0 Å². The summed E-state index contributed by atoms with van der Waals surface area (Å²) in [6.45, 7) is 5.61. The topological polar surface area (TPSA) is 64.0 Å². The van der Waals surface area contributed by atoms with E-state index in [1.54, 1.807) is 25.1 Å². The van der Waals surface area contributed by atoms with Crippen LogP contribution in [0.2, 0.25) is 5.02 Å². The standard InChI is InChI=1S/C20H18ClN3O2/c1-12-8-9-16(13(2)10-12)22-20(26)19-18(25)11-14(3)24(23-19)17-7-5-4-6-15(17)21/h4-11H,1-3H3,(H,22,26). The second-order valence-electron chi connectivity index (χ2n) is 6.13. The van der Waals surface area contributed by atoms with Gasteiger partial charge in [-0.15, -0.1) is 0 Å². The molecule has 0 aliphatic carbocycles. The van der Waals surface area contributed by atoms with Crippen LogP contribution in [0.15, 0.2) is 53.3 Å². The zero-order chi connectivity index (χ0) is 18.8. The van der Waals surface area contributed by atoms with Crippen LogP contribution in [0.25, 0.3) is 5.69 Å². The number of rotatable bonds is 3. The minimum absolute atomic E-state index is 0.185. The molecule has 132 valence electrons. The highest BCUT2D eigenvalue weighted by molar-refractivity contribution is 6.32. The number of amides is 1. The molecular weight excluding hydrogens is 350 g/mol. The molecule has 0 saturated heterocycles. The van der Waals surface area contributed by atoms with Crippen LogP contribution in [0, 0.1) is 20.8 Å². The molecule has 0 aliphatic rings. The first-order valence-electron chi connectivity index (χ1n) is 8.11. The number of anilines is 1. The molecule has 3 aromatic rings.